The van der Waals surface area contributed by atoms with E-state index in [9.17, 15) is 19.2 Å². The van der Waals surface area contributed by atoms with E-state index in [0.29, 0.717) is 16.7 Å². The summed E-state index contributed by atoms with van der Waals surface area (Å²) in [5, 5.41) is 0. The van der Waals surface area contributed by atoms with Crippen LogP contribution in [-0.4, -0.2) is 84.1 Å². The van der Waals surface area contributed by atoms with Gasteiger partial charge >= 0.3 is 24.6 Å². The minimum Gasteiger partial charge on any atom is -0.438 e. The van der Waals surface area contributed by atoms with Crippen molar-refractivity contribution in [3.8, 4) is 0 Å². The minimum absolute atomic E-state index is 0.499. The van der Waals surface area contributed by atoms with E-state index in [1.807, 2.05) is 91.0 Å². The predicted octanol–water partition coefficient (Wildman–Crippen LogP) is 5.62. The fraction of sp³-hybridized carbons (Fsp3) is 0.333. The zero-order chi connectivity index (χ0) is 33.5. The van der Waals surface area contributed by atoms with Crippen molar-refractivity contribution in [2.45, 2.75) is 36.9 Å². The summed E-state index contributed by atoms with van der Waals surface area (Å²) in [5.41, 5.74) is 0.808. The van der Waals surface area contributed by atoms with Crippen LogP contribution in [-0.2, 0) is 48.2 Å². The third-order valence-corrected chi connectivity index (χ3v) is 6.82. The molecule has 0 heterocycles. The van der Waals surface area contributed by atoms with Crippen molar-refractivity contribution in [1.29, 1.82) is 0 Å². The molecule has 46 heavy (non-hydrogen) atoms. The van der Waals surface area contributed by atoms with Gasteiger partial charge in [0, 0.05) is 0 Å². The van der Waals surface area contributed by atoms with Gasteiger partial charge in [0.05, 0.1) is 35.0 Å². The number of carbonyl (C=O) groups excluding carboxylic acids is 4. The monoisotopic (exact) mass is 640 g/mol. The van der Waals surface area contributed by atoms with Crippen molar-refractivity contribution in [2.24, 2.45) is 0 Å². The van der Waals surface area contributed by atoms with Crippen molar-refractivity contribution in [3.63, 3.8) is 0 Å². The molecule has 0 aliphatic carbocycles. The zero-order valence-corrected chi connectivity index (χ0v) is 26.0. The van der Waals surface area contributed by atoms with Crippen LogP contribution in [0.25, 0.3) is 0 Å². The van der Waals surface area contributed by atoms with Gasteiger partial charge in [-0.2, -0.15) is 0 Å². The Morgan fingerprint density at radius 3 is 1.26 bits per heavy atom. The number of ether oxygens (including phenoxy) is 9. The SMILES string of the molecule is COC(=O)OC(C)C(OC(=O)OC)C(OC(=O)OC)C(COC(c1ccccc1)(c1ccccc1)c1ccccc1)OC(=O)OC. The first kappa shape index (κ1) is 35.2. The van der Waals surface area contributed by atoms with E-state index in [-0.39, 0.29) is 0 Å². The Labute approximate surface area is 266 Å². The highest BCUT2D eigenvalue weighted by Crippen LogP contribution is 2.41. The van der Waals surface area contributed by atoms with Crippen LogP contribution in [0.3, 0.4) is 0 Å². The van der Waals surface area contributed by atoms with Crippen LogP contribution in [0.4, 0.5) is 19.2 Å². The first-order valence-electron chi connectivity index (χ1n) is 14.0. The standard InChI is InChI=1S/C33H36O13/c1-22(43-29(34)38-2)27(45-31(36)40-4)28(46-32(37)41-5)26(44-30(35)39-3)21-42-33(23-15-9-6-10-16-23,24-17-11-7-12-18-24)25-19-13-8-14-20-25/h6-20,22,26-28H,21H2,1-5H3. The van der Waals surface area contributed by atoms with Crippen molar-refractivity contribution >= 4 is 24.6 Å². The Balaban J connectivity index is 2.21. The van der Waals surface area contributed by atoms with E-state index < -0.39 is 61.2 Å². The molecule has 13 nitrogen and oxygen atoms in total. The number of carbonyl (C=O) groups is 4. The molecule has 0 saturated carbocycles. The van der Waals surface area contributed by atoms with E-state index in [1.54, 1.807) is 0 Å². The molecule has 246 valence electrons. The molecule has 0 N–H and O–H groups in total. The van der Waals surface area contributed by atoms with Crippen LogP contribution in [0.1, 0.15) is 23.6 Å². The van der Waals surface area contributed by atoms with Crippen LogP contribution in [0.2, 0.25) is 0 Å². The molecule has 4 unspecified atom stereocenters. The number of rotatable bonds is 13. The van der Waals surface area contributed by atoms with Gasteiger partial charge in [-0.1, -0.05) is 91.0 Å². The lowest BCUT2D eigenvalue weighted by Gasteiger charge is -2.39. The topological polar surface area (TPSA) is 151 Å². The summed E-state index contributed by atoms with van der Waals surface area (Å²) in [7, 11) is 4.23. The van der Waals surface area contributed by atoms with E-state index in [0.717, 1.165) is 28.4 Å². The summed E-state index contributed by atoms with van der Waals surface area (Å²) in [6.45, 7) is 0.831. The Morgan fingerprint density at radius 1 is 0.522 bits per heavy atom. The molecule has 0 spiro atoms. The first-order chi connectivity index (χ1) is 22.2. The van der Waals surface area contributed by atoms with Gasteiger partial charge in [-0.15, -0.1) is 0 Å². The van der Waals surface area contributed by atoms with Crippen molar-refractivity contribution < 1.29 is 61.8 Å². The Kier molecular flexibility index (Phi) is 13.2. The Bertz CT molecular complexity index is 1300. The van der Waals surface area contributed by atoms with E-state index in [2.05, 4.69) is 9.47 Å². The van der Waals surface area contributed by atoms with Crippen LogP contribution in [0.15, 0.2) is 91.0 Å². The van der Waals surface area contributed by atoms with Gasteiger partial charge < -0.3 is 42.6 Å². The third kappa shape index (κ3) is 8.88. The van der Waals surface area contributed by atoms with Gasteiger partial charge in [-0.25, -0.2) is 19.2 Å². The molecule has 0 bridgehead atoms. The number of hydrogen-bond donors (Lipinski definition) is 0. The highest BCUT2D eigenvalue weighted by atomic mass is 16.8. The molecule has 0 aromatic heterocycles. The lowest BCUT2D eigenvalue weighted by molar-refractivity contribution is -0.155. The smallest absolute Gasteiger partial charge is 0.438 e. The van der Waals surface area contributed by atoms with Gasteiger partial charge in [0.2, 0.25) is 0 Å². The fourth-order valence-corrected chi connectivity index (χ4v) is 4.71. The normalized spacial score (nSPS) is 13.5. The zero-order valence-electron chi connectivity index (χ0n) is 26.0. The van der Waals surface area contributed by atoms with E-state index in [4.69, 9.17) is 33.2 Å². The van der Waals surface area contributed by atoms with Gasteiger partial charge in [-0.3, -0.25) is 0 Å². The van der Waals surface area contributed by atoms with Crippen molar-refractivity contribution in [1.82, 2.24) is 0 Å². The van der Waals surface area contributed by atoms with Gasteiger partial charge in [0.25, 0.3) is 0 Å². The molecule has 0 radical (unpaired) electrons. The molecule has 3 rings (SSSR count). The molecule has 0 saturated heterocycles. The second kappa shape index (κ2) is 17.3. The molecule has 3 aromatic carbocycles. The second-order valence-electron chi connectivity index (χ2n) is 9.55. The Morgan fingerprint density at radius 2 is 0.870 bits per heavy atom. The third-order valence-electron chi connectivity index (χ3n) is 6.82. The van der Waals surface area contributed by atoms with E-state index >= 15 is 0 Å². The van der Waals surface area contributed by atoms with Gasteiger partial charge in [0.1, 0.15) is 11.7 Å². The van der Waals surface area contributed by atoms with Crippen molar-refractivity contribution in [2.75, 3.05) is 35.0 Å². The maximum atomic E-state index is 12.6. The second-order valence-corrected chi connectivity index (χ2v) is 9.55. The average Bonchev–Trinajstić information content (AvgIpc) is 3.10. The first-order valence-corrected chi connectivity index (χ1v) is 14.0. The summed E-state index contributed by atoms with van der Waals surface area (Å²) in [5.74, 6) is 0. The summed E-state index contributed by atoms with van der Waals surface area (Å²) in [6.07, 6.45) is -11.1. The highest BCUT2D eigenvalue weighted by molar-refractivity contribution is 5.63. The van der Waals surface area contributed by atoms with Crippen LogP contribution in [0, 0.1) is 0 Å². The van der Waals surface area contributed by atoms with Gasteiger partial charge in [-0.05, 0) is 23.6 Å². The molecular formula is C33H36O13. The molecule has 0 aliphatic rings. The number of methoxy groups -OCH3 is 4. The minimum atomic E-state index is -1.72. The Hall–Kier alpha value is -5.30. The summed E-state index contributed by atoms with van der Waals surface area (Å²) in [4.78, 5) is 49.5. The molecule has 4 atom stereocenters. The molecule has 13 heteroatoms. The maximum absolute atomic E-state index is 12.6. The number of hydrogen-bond acceptors (Lipinski definition) is 13. The summed E-state index contributed by atoms with van der Waals surface area (Å²) >= 11 is 0. The lowest BCUT2D eigenvalue weighted by atomic mass is 9.80. The van der Waals surface area contributed by atoms with Crippen LogP contribution < -0.4 is 0 Å². The largest absolute Gasteiger partial charge is 0.508 e. The summed E-state index contributed by atoms with van der Waals surface area (Å²) in [6, 6.07) is 27.8. The van der Waals surface area contributed by atoms with Gasteiger partial charge in [0.15, 0.2) is 18.3 Å². The maximum Gasteiger partial charge on any atom is 0.508 e. The number of benzene rings is 3. The molecular weight excluding hydrogens is 604 g/mol. The quantitative estimate of drug-likeness (QED) is 0.129. The van der Waals surface area contributed by atoms with E-state index in [1.165, 1.54) is 6.92 Å². The van der Waals surface area contributed by atoms with Crippen LogP contribution >= 0.6 is 0 Å². The fourth-order valence-electron chi connectivity index (χ4n) is 4.71. The molecule has 0 fully saturated rings. The molecule has 0 aliphatic heterocycles. The molecule has 3 aromatic rings. The highest BCUT2D eigenvalue weighted by Gasteiger charge is 2.46. The summed E-state index contributed by atoms with van der Waals surface area (Å²) < 4.78 is 47.1. The van der Waals surface area contributed by atoms with Crippen LogP contribution in [0.5, 0.6) is 0 Å². The molecule has 0 amide bonds. The van der Waals surface area contributed by atoms with Crippen molar-refractivity contribution in [3.05, 3.63) is 108 Å². The lowest BCUT2D eigenvalue weighted by Crippen LogP contribution is -2.53. The predicted molar refractivity (Wildman–Crippen MR) is 160 cm³/mol. The average molecular weight is 641 g/mol.